The molecule has 0 saturated heterocycles. The van der Waals surface area contributed by atoms with Crippen LogP contribution < -0.4 is 5.56 Å². The van der Waals surface area contributed by atoms with E-state index in [1.54, 1.807) is 6.07 Å². The standard InChI is InChI=1S/C21H18N4O2/c1-14-8-9-17(12-15(14)2)21-22-19(27-24-21)13-25-20(26)11-10-18(23-25)16-6-4-3-5-7-16/h3-12H,13H2,1-2H3. The summed E-state index contributed by atoms with van der Waals surface area (Å²) in [7, 11) is 0. The first-order chi connectivity index (χ1) is 13.1. The van der Waals surface area contributed by atoms with Crippen LogP contribution in [0.15, 0.2) is 70.0 Å². The van der Waals surface area contributed by atoms with Gasteiger partial charge in [0.1, 0.15) is 6.54 Å². The fourth-order valence-electron chi connectivity index (χ4n) is 2.77. The largest absolute Gasteiger partial charge is 0.337 e. The van der Waals surface area contributed by atoms with Crippen molar-refractivity contribution >= 4 is 0 Å². The third-order valence-electron chi connectivity index (χ3n) is 4.45. The summed E-state index contributed by atoms with van der Waals surface area (Å²) in [6, 6.07) is 18.9. The highest BCUT2D eigenvalue weighted by molar-refractivity contribution is 5.58. The molecular formula is C21H18N4O2. The highest BCUT2D eigenvalue weighted by atomic mass is 16.5. The number of aryl methyl sites for hydroxylation is 2. The van der Waals surface area contributed by atoms with E-state index < -0.39 is 0 Å². The summed E-state index contributed by atoms with van der Waals surface area (Å²) in [6.07, 6.45) is 0. The Hall–Kier alpha value is -3.54. The fourth-order valence-corrected chi connectivity index (χ4v) is 2.77. The molecule has 0 radical (unpaired) electrons. The van der Waals surface area contributed by atoms with Crippen molar-refractivity contribution < 1.29 is 4.52 Å². The topological polar surface area (TPSA) is 73.8 Å². The zero-order chi connectivity index (χ0) is 18.8. The predicted octanol–water partition coefficient (Wildman–Crippen LogP) is 3.63. The Morgan fingerprint density at radius 3 is 2.52 bits per heavy atom. The lowest BCUT2D eigenvalue weighted by atomic mass is 10.1. The molecule has 0 saturated carbocycles. The van der Waals surface area contributed by atoms with E-state index in [1.165, 1.54) is 16.3 Å². The molecule has 6 heteroatoms. The maximum atomic E-state index is 12.2. The van der Waals surface area contributed by atoms with Crippen LogP contribution in [0.25, 0.3) is 22.6 Å². The summed E-state index contributed by atoms with van der Waals surface area (Å²) in [6.45, 7) is 4.22. The molecule has 4 aromatic rings. The van der Waals surface area contributed by atoms with E-state index in [0.717, 1.165) is 16.7 Å². The lowest BCUT2D eigenvalue weighted by Crippen LogP contribution is -2.23. The number of nitrogens with zero attached hydrogens (tertiary/aromatic N) is 4. The molecule has 0 bridgehead atoms. The van der Waals surface area contributed by atoms with E-state index in [2.05, 4.69) is 22.2 Å². The number of rotatable bonds is 4. The molecule has 2 heterocycles. The molecule has 0 N–H and O–H groups in total. The Balaban J connectivity index is 1.62. The predicted molar refractivity (Wildman–Crippen MR) is 102 cm³/mol. The van der Waals surface area contributed by atoms with Crippen LogP contribution in [0.5, 0.6) is 0 Å². The molecule has 0 aliphatic carbocycles. The second-order valence-corrected chi connectivity index (χ2v) is 6.39. The van der Waals surface area contributed by atoms with Crippen molar-refractivity contribution in [3.8, 4) is 22.6 Å². The molecule has 0 fully saturated rings. The van der Waals surface area contributed by atoms with Gasteiger partial charge in [-0.05, 0) is 37.1 Å². The van der Waals surface area contributed by atoms with E-state index in [1.807, 2.05) is 55.5 Å². The molecule has 0 spiro atoms. The third kappa shape index (κ3) is 3.55. The van der Waals surface area contributed by atoms with Crippen molar-refractivity contribution in [1.29, 1.82) is 0 Å². The molecule has 0 unspecified atom stereocenters. The quantitative estimate of drug-likeness (QED) is 0.557. The van der Waals surface area contributed by atoms with Crippen molar-refractivity contribution in [2.45, 2.75) is 20.4 Å². The second-order valence-electron chi connectivity index (χ2n) is 6.39. The van der Waals surface area contributed by atoms with Gasteiger partial charge in [-0.15, -0.1) is 0 Å². The third-order valence-corrected chi connectivity index (χ3v) is 4.45. The number of aromatic nitrogens is 4. The van der Waals surface area contributed by atoms with Gasteiger partial charge in [-0.25, -0.2) is 4.68 Å². The number of hydrogen-bond acceptors (Lipinski definition) is 5. The monoisotopic (exact) mass is 358 g/mol. The van der Waals surface area contributed by atoms with Crippen molar-refractivity contribution in [2.75, 3.05) is 0 Å². The van der Waals surface area contributed by atoms with Crippen molar-refractivity contribution in [3.63, 3.8) is 0 Å². The van der Waals surface area contributed by atoms with Crippen molar-refractivity contribution in [2.24, 2.45) is 0 Å². The van der Waals surface area contributed by atoms with Crippen LogP contribution in [0.1, 0.15) is 17.0 Å². The Labute approximate surface area is 156 Å². The molecule has 2 aromatic heterocycles. The second kappa shape index (κ2) is 6.99. The average molecular weight is 358 g/mol. The van der Waals surface area contributed by atoms with Crippen LogP contribution in [0.3, 0.4) is 0 Å². The minimum Gasteiger partial charge on any atom is -0.337 e. The SMILES string of the molecule is Cc1ccc(-c2noc(Cn3nc(-c4ccccc4)ccc3=O)n2)cc1C. The molecule has 0 aliphatic rings. The minimum atomic E-state index is -0.222. The highest BCUT2D eigenvalue weighted by Crippen LogP contribution is 2.20. The molecule has 27 heavy (non-hydrogen) atoms. The van der Waals surface area contributed by atoms with Gasteiger partial charge in [0.05, 0.1) is 5.69 Å². The van der Waals surface area contributed by atoms with Gasteiger partial charge in [-0.2, -0.15) is 10.1 Å². The van der Waals surface area contributed by atoms with Crippen molar-refractivity contribution in [1.82, 2.24) is 19.9 Å². The van der Waals surface area contributed by atoms with Gasteiger partial charge in [0, 0.05) is 17.2 Å². The maximum Gasteiger partial charge on any atom is 0.267 e. The van der Waals surface area contributed by atoms with Gasteiger partial charge in [0.25, 0.3) is 5.56 Å². The zero-order valence-electron chi connectivity index (χ0n) is 15.1. The first kappa shape index (κ1) is 16.9. The van der Waals surface area contributed by atoms with Gasteiger partial charge >= 0.3 is 0 Å². The normalized spacial score (nSPS) is 10.9. The molecule has 134 valence electrons. The Morgan fingerprint density at radius 2 is 1.74 bits per heavy atom. The smallest absolute Gasteiger partial charge is 0.267 e. The summed E-state index contributed by atoms with van der Waals surface area (Å²) >= 11 is 0. The molecule has 2 aromatic carbocycles. The van der Waals surface area contributed by atoms with Crippen LogP contribution in [0.2, 0.25) is 0 Å². The summed E-state index contributed by atoms with van der Waals surface area (Å²) in [5, 5.41) is 8.46. The van der Waals surface area contributed by atoms with E-state index >= 15 is 0 Å². The van der Waals surface area contributed by atoms with Gasteiger partial charge in [-0.3, -0.25) is 4.79 Å². The first-order valence-corrected chi connectivity index (χ1v) is 8.64. The van der Waals surface area contributed by atoms with E-state index in [4.69, 9.17) is 4.52 Å². The van der Waals surface area contributed by atoms with Crippen molar-refractivity contribution in [3.05, 3.63) is 88.0 Å². The Bertz CT molecular complexity index is 1150. The zero-order valence-corrected chi connectivity index (χ0v) is 15.1. The number of hydrogen-bond donors (Lipinski definition) is 0. The first-order valence-electron chi connectivity index (χ1n) is 8.64. The number of benzene rings is 2. The highest BCUT2D eigenvalue weighted by Gasteiger charge is 2.12. The van der Waals surface area contributed by atoms with E-state index in [0.29, 0.717) is 17.4 Å². The van der Waals surface area contributed by atoms with Gasteiger partial charge in [-0.1, -0.05) is 47.6 Å². The van der Waals surface area contributed by atoms with Gasteiger partial charge < -0.3 is 4.52 Å². The lowest BCUT2D eigenvalue weighted by molar-refractivity contribution is 0.363. The summed E-state index contributed by atoms with van der Waals surface area (Å²) < 4.78 is 6.67. The Morgan fingerprint density at radius 1 is 0.926 bits per heavy atom. The average Bonchev–Trinajstić information content (AvgIpc) is 3.15. The molecule has 0 atom stereocenters. The van der Waals surface area contributed by atoms with Crippen LogP contribution >= 0.6 is 0 Å². The summed E-state index contributed by atoms with van der Waals surface area (Å²) in [5.74, 6) is 0.836. The van der Waals surface area contributed by atoms with Crippen LogP contribution in [0, 0.1) is 13.8 Å². The van der Waals surface area contributed by atoms with Crippen LogP contribution in [0.4, 0.5) is 0 Å². The van der Waals surface area contributed by atoms with Crippen LogP contribution in [-0.2, 0) is 6.54 Å². The van der Waals surface area contributed by atoms with Crippen LogP contribution in [-0.4, -0.2) is 19.9 Å². The molecule has 0 aliphatic heterocycles. The van der Waals surface area contributed by atoms with Gasteiger partial charge in [0.2, 0.25) is 11.7 Å². The van der Waals surface area contributed by atoms with E-state index in [-0.39, 0.29) is 12.1 Å². The molecular weight excluding hydrogens is 340 g/mol. The molecule has 0 amide bonds. The summed E-state index contributed by atoms with van der Waals surface area (Å²) in [5.41, 5.74) is 4.67. The van der Waals surface area contributed by atoms with E-state index in [9.17, 15) is 4.79 Å². The Kier molecular flexibility index (Phi) is 4.38. The maximum absolute atomic E-state index is 12.2. The van der Waals surface area contributed by atoms with Gasteiger partial charge in [0.15, 0.2) is 0 Å². The molecule has 6 nitrogen and oxygen atoms in total. The fraction of sp³-hybridized carbons (Fsp3) is 0.143. The lowest BCUT2D eigenvalue weighted by Gasteiger charge is -2.04. The summed E-state index contributed by atoms with van der Waals surface area (Å²) in [4.78, 5) is 16.6. The minimum absolute atomic E-state index is 0.122. The molecule has 4 rings (SSSR count).